The lowest BCUT2D eigenvalue weighted by Crippen LogP contribution is -2.56. The Morgan fingerprint density at radius 2 is 1.42 bits per heavy atom. The number of sulfone groups is 1. The van der Waals surface area contributed by atoms with Crippen LogP contribution in [0.5, 0.6) is 0 Å². The SMILES string of the molecule is COCC(=O)N1CCC(c2ccc(C(OCc3c(F)cccc3F)(C(F)(F)F)C(F)(F)F)cc2)(S(=O)(=O)c2ccc(F)cc2)C1. The number of hydrogen-bond donors (Lipinski definition) is 0. The number of halogens is 9. The average Bonchev–Trinajstić information content (AvgIpc) is 3.42. The van der Waals surface area contributed by atoms with Gasteiger partial charge in [-0.2, -0.15) is 26.3 Å². The Kier molecular flexibility index (Phi) is 9.35. The van der Waals surface area contributed by atoms with Crippen LogP contribution in [0.1, 0.15) is 23.1 Å². The lowest BCUT2D eigenvalue weighted by atomic mass is 9.88. The quantitative estimate of drug-likeness (QED) is 0.201. The smallest absolute Gasteiger partial charge is 0.375 e. The molecule has 3 aromatic rings. The molecule has 1 atom stereocenters. The molecule has 1 fully saturated rings. The fourth-order valence-corrected chi connectivity index (χ4v) is 7.33. The van der Waals surface area contributed by atoms with Gasteiger partial charge in [-0.3, -0.25) is 4.79 Å². The number of methoxy groups -OCH3 is 1. The molecule has 0 radical (unpaired) electrons. The second-order valence-corrected chi connectivity index (χ2v) is 12.5. The molecule has 45 heavy (non-hydrogen) atoms. The number of likely N-dealkylation sites (tertiary alicyclic amines) is 1. The minimum Gasteiger partial charge on any atom is -0.375 e. The number of rotatable bonds is 9. The first-order chi connectivity index (χ1) is 20.9. The lowest BCUT2D eigenvalue weighted by molar-refractivity contribution is -0.392. The molecule has 1 aliphatic rings. The first-order valence-electron chi connectivity index (χ1n) is 13.0. The van der Waals surface area contributed by atoms with E-state index in [0.717, 1.165) is 47.4 Å². The van der Waals surface area contributed by atoms with Crippen LogP contribution in [0.4, 0.5) is 39.5 Å². The maximum Gasteiger partial charge on any atom is 0.430 e. The Morgan fingerprint density at radius 3 is 1.93 bits per heavy atom. The van der Waals surface area contributed by atoms with E-state index in [2.05, 4.69) is 4.74 Å². The fraction of sp³-hybridized carbons (Fsp3) is 0.345. The van der Waals surface area contributed by atoms with Gasteiger partial charge in [0.1, 0.15) is 28.8 Å². The summed E-state index contributed by atoms with van der Waals surface area (Å²) in [6.07, 6.45) is -12.8. The molecule has 0 bridgehead atoms. The molecule has 1 amide bonds. The van der Waals surface area contributed by atoms with Crippen LogP contribution in [0.25, 0.3) is 0 Å². The number of ether oxygens (including phenoxy) is 2. The largest absolute Gasteiger partial charge is 0.430 e. The van der Waals surface area contributed by atoms with E-state index in [0.29, 0.717) is 24.3 Å². The molecule has 3 aromatic carbocycles. The van der Waals surface area contributed by atoms with Crippen LogP contribution in [-0.2, 0) is 41.1 Å². The van der Waals surface area contributed by atoms with Crippen molar-refractivity contribution in [3.05, 3.63) is 101 Å². The number of carbonyl (C=O) groups is 1. The summed E-state index contributed by atoms with van der Waals surface area (Å²) >= 11 is 0. The van der Waals surface area contributed by atoms with Crippen molar-refractivity contribution in [1.29, 1.82) is 0 Å². The summed E-state index contributed by atoms with van der Waals surface area (Å²) in [7, 11) is -3.36. The van der Waals surface area contributed by atoms with Gasteiger partial charge in [-0.1, -0.05) is 30.3 Å². The molecule has 0 aliphatic carbocycles. The van der Waals surface area contributed by atoms with Crippen LogP contribution >= 0.6 is 0 Å². The molecule has 4 rings (SSSR count). The zero-order valence-corrected chi connectivity index (χ0v) is 24.0. The number of alkyl halides is 6. The van der Waals surface area contributed by atoms with Gasteiger partial charge in [-0.15, -0.1) is 0 Å². The highest BCUT2D eigenvalue weighted by Gasteiger charge is 2.73. The summed E-state index contributed by atoms with van der Waals surface area (Å²) in [6, 6.07) is 7.85. The maximum absolute atomic E-state index is 14.4. The molecule has 16 heteroatoms. The second-order valence-electron chi connectivity index (χ2n) is 10.2. The van der Waals surface area contributed by atoms with Crippen LogP contribution in [0.15, 0.2) is 71.6 Å². The summed E-state index contributed by atoms with van der Waals surface area (Å²) < 4.78 is 163. The molecule has 0 N–H and O–H groups in total. The van der Waals surface area contributed by atoms with Crippen LogP contribution < -0.4 is 0 Å². The highest BCUT2D eigenvalue weighted by Crippen LogP contribution is 2.54. The van der Waals surface area contributed by atoms with Crippen molar-refractivity contribution in [2.45, 2.75) is 40.6 Å². The summed E-state index contributed by atoms with van der Waals surface area (Å²) in [4.78, 5) is 13.3. The van der Waals surface area contributed by atoms with E-state index in [1.54, 1.807) is 0 Å². The van der Waals surface area contributed by atoms with Gasteiger partial charge in [0.05, 0.1) is 11.5 Å². The fourth-order valence-electron chi connectivity index (χ4n) is 5.25. The number of nitrogens with zero attached hydrogens (tertiary/aromatic N) is 1. The first kappa shape index (κ1) is 34.2. The van der Waals surface area contributed by atoms with Gasteiger partial charge in [0.2, 0.25) is 5.91 Å². The van der Waals surface area contributed by atoms with Crippen molar-refractivity contribution in [3.8, 4) is 0 Å². The van der Waals surface area contributed by atoms with E-state index in [-0.39, 0.29) is 18.5 Å². The lowest BCUT2D eigenvalue weighted by Gasteiger charge is -2.38. The first-order valence-corrected chi connectivity index (χ1v) is 14.5. The van der Waals surface area contributed by atoms with Gasteiger partial charge in [0.15, 0.2) is 9.84 Å². The molecule has 1 heterocycles. The summed E-state index contributed by atoms with van der Waals surface area (Å²) in [6.45, 7) is -2.93. The molecular formula is C29H24F9NO5S. The van der Waals surface area contributed by atoms with E-state index < -0.39 is 91.7 Å². The van der Waals surface area contributed by atoms with Crippen molar-refractivity contribution in [2.75, 3.05) is 26.8 Å². The Morgan fingerprint density at radius 1 is 0.867 bits per heavy atom. The third-order valence-electron chi connectivity index (χ3n) is 7.60. The van der Waals surface area contributed by atoms with Crippen molar-refractivity contribution >= 4 is 15.7 Å². The number of benzene rings is 3. The zero-order valence-electron chi connectivity index (χ0n) is 23.2. The zero-order chi connectivity index (χ0) is 33.4. The summed E-state index contributed by atoms with van der Waals surface area (Å²) in [5.74, 6) is -4.29. The highest BCUT2D eigenvalue weighted by molar-refractivity contribution is 7.92. The van der Waals surface area contributed by atoms with Crippen LogP contribution in [0.2, 0.25) is 0 Å². The molecular weight excluding hydrogens is 645 g/mol. The number of carbonyl (C=O) groups excluding carboxylic acids is 1. The van der Waals surface area contributed by atoms with E-state index >= 15 is 0 Å². The standard InChI is InChI=1S/C29H24F9NO5S/c1-43-16-25(40)39-14-13-26(17-39,45(41,42)21-11-9-20(30)10-12-21)18-5-7-19(8-6-18)27(28(33,34)35,29(36,37)38)44-15-22-23(31)3-2-4-24(22)32/h2-12H,13-17H2,1H3. The van der Waals surface area contributed by atoms with Gasteiger partial charge in [-0.25, -0.2) is 21.6 Å². The van der Waals surface area contributed by atoms with Gasteiger partial charge in [-0.05, 0) is 48.4 Å². The Hall–Kier alpha value is -3.63. The Bertz CT molecular complexity index is 1610. The minimum atomic E-state index is -6.22. The molecule has 0 saturated carbocycles. The van der Waals surface area contributed by atoms with Gasteiger partial charge < -0.3 is 14.4 Å². The highest BCUT2D eigenvalue weighted by atomic mass is 32.2. The minimum absolute atomic E-state index is 0.170. The third kappa shape index (κ3) is 6.02. The predicted octanol–water partition coefficient (Wildman–Crippen LogP) is 6.19. The van der Waals surface area contributed by atoms with Crippen molar-refractivity contribution in [1.82, 2.24) is 4.90 Å². The van der Waals surface area contributed by atoms with Crippen LogP contribution in [-0.4, -0.2) is 58.4 Å². The molecule has 1 saturated heterocycles. The van der Waals surface area contributed by atoms with Crippen molar-refractivity contribution < 1.29 is 62.2 Å². The van der Waals surface area contributed by atoms with Crippen molar-refractivity contribution in [3.63, 3.8) is 0 Å². The van der Waals surface area contributed by atoms with Crippen LogP contribution in [0.3, 0.4) is 0 Å². The molecule has 0 spiro atoms. The maximum atomic E-state index is 14.4. The van der Waals surface area contributed by atoms with Crippen molar-refractivity contribution in [2.24, 2.45) is 0 Å². The molecule has 6 nitrogen and oxygen atoms in total. The molecule has 244 valence electrons. The van der Waals surface area contributed by atoms with Crippen LogP contribution in [0, 0.1) is 17.5 Å². The molecule has 0 aromatic heterocycles. The van der Waals surface area contributed by atoms with Gasteiger partial charge >= 0.3 is 12.4 Å². The Labute approximate surface area is 251 Å². The third-order valence-corrected chi connectivity index (χ3v) is 10.1. The van der Waals surface area contributed by atoms with E-state index in [1.807, 2.05) is 0 Å². The Balaban J connectivity index is 1.85. The van der Waals surface area contributed by atoms with E-state index in [9.17, 15) is 52.7 Å². The predicted molar refractivity (Wildman–Crippen MR) is 140 cm³/mol. The van der Waals surface area contributed by atoms with E-state index in [1.165, 1.54) is 7.11 Å². The topological polar surface area (TPSA) is 72.9 Å². The van der Waals surface area contributed by atoms with E-state index in [4.69, 9.17) is 4.74 Å². The molecule has 1 aliphatic heterocycles. The monoisotopic (exact) mass is 669 g/mol. The summed E-state index contributed by atoms with van der Waals surface area (Å²) in [5.41, 5.74) is -8.10. The number of hydrogen-bond acceptors (Lipinski definition) is 5. The van der Waals surface area contributed by atoms with Gasteiger partial charge in [0, 0.05) is 31.3 Å². The molecule has 1 unspecified atom stereocenters. The normalized spacial score (nSPS) is 18.0. The summed E-state index contributed by atoms with van der Waals surface area (Å²) in [5, 5.41) is 0. The van der Waals surface area contributed by atoms with Gasteiger partial charge in [0.25, 0.3) is 5.60 Å². The average molecular weight is 670 g/mol. The second kappa shape index (κ2) is 12.3. The number of amides is 1.